The van der Waals surface area contributed by atoms with Crippen molar-refractivity contribution >= 4 is 17.5 Å². The Morgan fingerprint density at radius 1 is 1.35 bits per heavy atom. The molecular weight excluding hydrogens is 242 g/mol. The van der Waals surface area contributed by atoms with E-state index in [1.807, 2.05) is 6.07 Å². The Labute approximate surface area is 103 Å². The van der Waals surface area contributed by atoms with Crippen LogP contribution in [0.4, 0.5) is 0 Å². The van der Waals surface area contributed by atoms with Crippen LogP contribution in [0.25, 0.3) is 0 Å². The minimum absolute atomic E-state index is 0.184. The fourth-order valence-corrected chi connectivity index (χ4v) is 1.37. The number of nitrogens with one attached hydrogen (secondary N) is 1. The first-order chi connectivity index (χ1) is 8.29. The number of aromatic nitrogens is 2. The number of rotatable bonds is 4. The highest BCUT2D eigenvalue weighted by Gasteiger charge is 2.08. The molecule has 0 radical (unpaired) electrons. The van der Waals surface area contributed by atoms with Gasteiger partial charge in [0.15, 0.2) is 5.82 Å². The molecule has 0 spiro atoms. The molecule has 88 valence electrons. The molecule has 0 atom stereocenters. The van der Waals surface area contributed by atoms with Crippen molar-refractivity contribution in [1.29, 1.82) is 0 Å². The number of amides is 1. The Morgan fingerprint density at radius 3 is 2.76 bits per heavy atom. The number of carbonyl (C=O) groups excluding carboxylic acids is 1. The van der Waals surface area contributed by atoms with Gasteiger partial charge in [0.1, 0.15) is 0 Å². The Balaban J connectivity index is 1.92. The van der Waals surface area contributed by atoms with Crippen molar-refractivity contribution in [3.63, 3.8) is 0 Å². The van der Waals surface area contributed by atoms with Crippen LogP contribution in [0.15, 0.2) is 34.9 Å². The maximum Gasteiger partial charge on any atom is 0.251 e. The van der Waals surface area contributed by atoms with E-state index in [0.717, 1.165) is 0 Å². The van der Waals surface area contributed by atoms with Crippen molar-refractivity contribution in [2.24, 2.45) is 0 Å². The number of carbonyl (C=O) groups is 1. The zero-order valence-corrected chi connectivity index (χ0v) is 9.65. The summed E-state index contributed by atoms with van der Waals surface area (Å²) in [6, 6.07) is 8.91. The van der Waals surface area contributed by atoms with Gasteiger partial charge in [0, 0.05) is 5.56 Å². The minimum atomic E-state index is -0.184. The number of benzene rings is 1. The van der Waals surface area contributed by atoms with Gasteiger partial charge in [-0.15, -0.1) is 11.6 Å². The lowest BCUT2D eigenvalue weighted by Crippen LogP contribution is -2.22. The molecule has 2 rings (SSSR count). The third-order valence-electron chi connectivity index (χ3n) is 2.07. The van der Waals surface area contributed by atoms with Crippen molar-refractivity contribution in [3.8, 4) is 0 Å². The summed E-state index contributed by atoms with van der Waals surface area (Å²) in [5, 5.41) is 6.29. The summed E-state index contributed by atoms with van der Waals surface area (Å²) in [6.07, 6.45) is 0. The van der Waals surface area contributed by atoms with Crippen LogP contribution in [0.3, 0.4) is 0 Å². The summed E-state index contributed by atoms with van der Waals surface area (Å²) in [5.74, 6) is 0.757. The van der Waals surface area contributed by atoms with E-state index in [0.29, 0.717) is 17.3 Å². The summed E-state index contributed by atoms with van der Waals surface area (Å²) >= 11 is 5.53. The summed E-state index contributed by atoms with van der Waals surface area (Å²) in [5.41, 5.74) is 0.588. The topological polar surface area (TPSA) is 68.0 Å². The number of alkyl halides is 1. The molecule has 0 saturated carbocycles. The van der Waals surface area contributed by atoms with Gasteiger partial charge < -0.3 is 9.84 Å². The third kappa shape index (κ3) is 3.04. The molecular formula is C11H10ClN3O2. The molecule has 0 aliphatic rings. The van der Waals surface area contributed by atoms with E-state index in [9.17, 15) is 4.79 Å². The molecule has 0 saturated heterocycles. The van der Waals surface area contributed by atoms with Gasteiger partial charge in [0.2, 0.25) is 5.89 Å². The number of halogens is 1. The second kappa shape index (κ2) is 5.45. The second-order valence-corrected chi connectivity index (χ2v) is 3.55. The largest absolute Gasteiger partial charge is 0.343 e. The van der Waals surface area contributed by atoms with Gasteiger partial charge in [0.05, 0.1) is 12.4 Å². The lowest BCUT2D eigenvalue weighted by Gasteiger charge is -2.01. The Bertz CT molecular complexity index is 498. The van der Waals surface area contributed by atoms with E-state index in [1.54, 1.807) is 24.3 Å². The van der Waals surface area contributed by atoms with Gasteiger partial charge in [-0.05, 0) is 12.1 Å². The normalized spacial score (nSPS) is 10.2. The highest BCUT2D eigenvalue weighted by atomic mass is 35.5. The summed E-state index contributed by atoms with van der Waals surface area (Å²) in [6.45, 7) is 0.192. The molecule has 1 aromatic heterocycles. The van der Waals surface area contributed by atoms with Crippen LogP contribution < -0.4 is 5.32 Å². The van der Waals surface area contributed by atoms with E-state index in [2.05, 4.69) is 15.5 Å². The molecule has 2 aromatic rings. The van der Waals surface area contributed by atoms with Crippen LogP contribution in [-0.2, 0) is 12.4 Å². The average molecular weight is 252 g/mol. The van der Waals surface area contributed by atoms with Crippen molar-refractivity contribution in [2.45, 2.75) is 12.4 Å². The monoisotopic (exact) mass is 251 g/mol. The highest BCUT2D eigenvalue weighted by molar-refractivity contribution is 6.16. The van der Waals surface area contributed by atoms with E-state index in [1.165, 1.54) is 0 Å². The van der Waals surface area contributed by atoms with Crippen molar-refractivity contribution in [3.05, 3.63) is 47.6 Å². The zero-order valence-electron chi connectivity index (χ0n) is 8.89. The van der Waals surface area contributed by atoms with Crippen LogP contribution in [0.2, 0.25) is 0 Å². The summed E-state index contributed by atoms with van der Waals surface area (Å²) in [4.78, 5) is 15.6. The third-order valence-corrected chi connectivity index (χ3v) is 2.30. The quantitative estimate of drug-likeness (QED) is 0.841. The first kappa shape index (κ1) is 11.6. The van der Waals surface area contributed by atoms with Crippen LogP contribution in [0.1, 0.15) is 22.1 Å². The van der Waals surface area contributed by atoms with Crippen LogP contribution in [-0.4, -0.2) is 16.0 Å². The smallest absolute Gasteiger partial charge is 0.251 e. The molecule has 0 unspecified atom stereocenters. The van der Waals surface area contributed by atoms with Gasteiger partial charge in [-0.3, -0.25) is 4.79 Å². The fourth-order valence-electron chi connectivity index (χ4n) is 1.26. The fraction of sp³-hybridized carbons (Fsp3) is 0.182. The first-order valence-electron chi connectivity index (χ1n) is 5.00. The molecule has 0 fully saturated rings. The lowest BCUT2D eigenvalue weighted by atomic mass is 10.2. The number of hydrogen-bond acceptors (Lipinski definition) is 4. The molecule has 0 aliphatic heterocycles. The van der Waals surface area contributed by atoms with Crippen LogP contribution in [0, 0.1) is 0 Å². The summed E-state index contributed by atoms with van der Waals surface area (Å²) < 4.78 is 4.88. The predicted octanol–water partition coefficient (Wildman–Crippen LogP) is 1.74. The molecule has 0 bridgehead atoms. The van der Waals surface area contributed by atoms with Gasteiger partial charge in [-0.25, -0.2) is 0 Å². The predicted molar refractivity (Wildman–Crippen MR) is 61.5 cm³/mol. The Kier molecular flexibility index (Phi) is 3.72. The summed E-state index contributed by atoms with van der Waals surface area (Å²) in [7, 11) is 0. The van der Waals surface area contributed by atoms with Gasteiger partial charge in [-0.1, -0.05) is 23.4 Å². The maximum atomic E-state index is 11.7. The van der Waals surface area contributed by atoms with Crippen molar-refractivity contribution < 1.29 is 9.32 Å². The molecule has 6 heteroatoms. The van der Waals surface area contributed by atoms with E-state index >= 15 is 0 Å². The minimum Gasteiger partial charge on any atom is -0.343 e. The number of hydrogen-bond donors (Lipinski definition) is 1. The standard InChI is InChI=1S/C11H10ClN3O2/c12-6-9-14-10(17-15-9)7-13-11(16)8-4-2-1-3-5-8/h1-5H,6-7H2,(H,13,16). The van der Waals surface area contributed by atoms with Gasteiger partial charge in [0.25, 0.3) is 5.91 Å². The molecule has 0 aliphatic carbocycles. The Morgan fingerprint density at radius 2 is 2.12 bits per heavy atom. The molecule has 1 amide bonds. The zero-order chi connectivity index (χ0) is 12.1. The Hall–Kier alpha value is -1.88. The highest BCUT2D eigenvalue weighted by Crippen LogP contribution is 2.01. The van der Waals surface area contributed by atoms with Crippen molar-refractivity contribution in [1.82, 2.24) is 15.5 Å². The molecule has 1 aromatic carbocycles. The van der Waals surface area contributed by atoms with Crippen molar-refractivity contribution in [2.75, 3.05) is 0 Å². The SMILES string of the molecule is O=C(NCc1nc(CCl)no1)c1ccccc1. The average Bonchev–Trinajstić information content (AvgIpc) is 2.85. The van der Waals surface area contributed by atoms with Gasteiger partial charge >= 0.3 is 0 Å². The van der Waals surface area contributed by atoms with Crippen LogP contribution >= 0.6 is 11.6 Å². The molecule has 1 N–H and O–H groups in total. The van der Waals surface area contributed by atoms with E-state index in [4.69, 9.17) is 16.1 Å². The number of nitrogens with zero attached hydrogens (tertiary/aromatic N) is 2. The van der Waals surface area contributed by atoms with Gasteiger partial charge in [-0.2, -0.15) is 4.98 Å². The van der Waals surface area contributed by atoms with E-state index < -0.39 is 0 Å². The molecule has 17 heavy (non-hydrogen) atoms. The maximum absolute atomic E-state index is 11.7. The molecule has 1 heterocycles. The first-order valence-corrected chi connectivity index (χ1v) is 5.53. The van der Waals surface area contributed by atoms with Crippen LogP contribution in [0.5, 0.6) is 0 Å². The molecule has 5 nitrogen and oxygen atoms in total. The second-order valence-electron chi connectivity index (χ2n) is 3.29. The lowest BCUT2D eigenvalue weighted by molar-refractivity contribution is 0.0946. The van der Waals surface area contributed by atoms with E-state index in [-0.39, 0.29) is 18.3 Å².